The number of amides is 1. The lowest BCUT2D eigenvalue weighted by atomic mass is 9.99. The van der Waals surface area contributed by atoms with Crippen LogP contribution in [0.5, 0.6) is 0 Å². The molecule has 1 fully saturated rings. The van der Waals surface area contributed by atoms with Gasteiger partial charge in [-0.1, -0.05) is 164 Å². The smallest absolute Gasteiger partial charge is 0.220 e. The summed E-state index contributed by atoms with van der Waals surface area (Å²) < 4.78 is 11.2. The molecule has 9 heteroatoms. The molecule has 0 radical (unpaired) electrons. The van der Waals surface area contributed by atoms with E-state index in [0.29, 0.717) is 6.42 Å². The van der Waals surface area contributed by atoms with Crippen molar-refractivity contribution in [1.82, 2.24) is 5.32 Å². The highest BCUT2D eigenvalue weighted by molar-refractivity contribution is 5.76. The van der Waals surface area contributed by atoms with Crippen LogP contribution in [0.2, 0.25) is 0 Å². The van der Waals surface area contributed by atoms with Gasteiger partial charge in [0.25, 0.3) is 0 Å². The zero-order chi connectivity index (χ0) is 40.9. The molecule has 1 saturated heterocycles. The number of hydrogen-bond acceptors (Lipinski definition) is 8. The van der Waals surface area contributed by atoms with Gasteiger partial charge in [0.15, 0.2) is 6.29 Å². The molecule has 9 nitrogen and oxygen atoms in total. The van der Waals surface area contributed by atoms with Crippen LogP contribution in [0.4, 0.5) is 0 Å². The summed E-state index contributed by atoms with van der Waals surface area (Å²) in [5, 5.41) is 54.1. The van der Waals surface area contributed by atoms with Crippen molar-refractivity contribution in [1.29, 1.82) is 0 Å². The van der Waals surface area contributed by atoms with E-state index >= 15 is 0 Å². The van der Waals surface area contributed by atoms with E-state index in [9.17, 15) is 30.3 Å². The summed E-state index contributed by atoms with van der Waals surface area (Å²) in [5.41, 5.74) is 0. The summed E-state index contributed by atoms with van der Waals surface area (Å²) in [6.45, 7) is 3.62. The first kappa shape index (κ1) is 51.9. The van der Waals surface area contributed by atoms with Gasteiger partial charge in [-0.05, 0) is 64.2 Å². The fourth-order valence-corrected chi connectivity index (χ4v) is 6.71. The summed E-state index contributed by atoms with van der Waals surface area (Å²) in [7, 11) is 0. The molecule has 7 unspecified atom stereocenters. The third-order valence-corrected chi connectivity index (χ3v) is 10.3. The third-order valence-electron chi connectivity index (χ3n) is 10.3. The quantitative estimate of drug-likeness (QED) is 0.0272. The molecule has 0 spiro atoms. The van der Waals surface area contributed by atoms with Gasteiger partial charge >= 0.3 is 0 Å². The van der Waals surface area contributed by atoms with Crippen molar-refractivity contribution in [3.8, 4) is 0 Å². The van der Waals surface area contributed by atoms with Crippen molar-refractivity contribution in [3.63, 3.8) is 0 Å². The number of allylic oxidation sites excluding steroid dienone is 9. The van der Waals surface area contributed by atoms with Gasteiger partial charge < -0.3 is 40.3 Å². The number of rotatable bonds is 36. The Kier molecular flexibility index (Phi) is 34.5. The van der Waals surface area contributed by atoms with Gasteiger partial charge in [-0.2, -0.15) is 0 Å². The Morgan fingerprint density at radius 1 is 0.625 bits per heavy atom. The summed E-state index contributed by atoms with van der Waals surface area (Å²) in [4.78, 5) is 12.9. The highest BCUT2D eigenvalue weighted by Gasteiger charge is 2.44. The maximum absolute atomic E-state index is 12.9. The van der Waals surface area contributed by atoms with Crippen LogP contribution in [0.1, 0.15) is 174 Å². The number of aliphatic hydroxyl groups is 5. The van der Waals surface area contributed by atoms with Gasteiger partial charge in [0.05, 0.1) is 25.4 Å². The Morgan fingerprint density at radius 2 is 1.12 bits per heavy atom. The van der Waals surface area contributed by atoms with Crippen LogP contribution in [-0.2, 0) is 14.3 Å². The average Bonchev–Trinajstić information content (AvgIpc) is 3.20. The summed E-state index contributed by atoms with van der Waals surface area (Å²) in [6.07, 6.45) is 41.2. The van der Waals surface area contributed by atoms with Gasteiger partial charge in [0, 0.05) is 6.42 Å². The third kappa shape index (κ3) is 27.5. The van der Waals surface area contributed by atoms with Crippen molar-refractivity contribution < 1.29 is 39.8 Å². The Balaban J connectivity index is 2.41. The molecule has 0 bridgehead atoms. The summed E-state index contributed by atoms with van der Waals surface area (Å²) >= 11 is 0. The lowest BCUT2D eigenvalue weighted by Crippen LogP contribution is -2.60. The monoisotopic (exact) mass is 790 g/mol. The molecule has 0 aliphatic carbocycles. The van der Waals surface area contributed by atoms with Crippen LogP contribution < -0.4 is 5.32 Å². The van der Waals surface area contributed by atoms with Gasteiger partial charge in [0.2, 0.25) is 5.91 Å². The predicted molar refractivity (Wildman–Crippen MR) is 230 cm³/mol. The molecule has 324 valence electrons. The number of aliphatic hydroxyl groups excluding tert-OH is 5. The molecule has 0 aromatic rings. The zero-order valence-corrected chi connectivity index (χ0v) is 35.4. The molecular weight excluding hydrogens is 707 g/mol. The van der Waals surface area contributed by atoms with E-state index in [1.54, 1.807) is 6.08 Å². The maximum Gasteiger partial charge on any atom is 0.220 e. The first-order valence-electron chi connectivity index (χ1n) is 22.5. The maximum atomic E-state index is 12.9. The average molecular weight is 790 g/mol. The first-order chi connectivity index (χ1) is 27.3. The SMILES string of the molecule is CC/C=C\C/C=C\C/C=C\CCCCCCCC(=O)NC(COC1OC(CO)C(O)C(O)C1O)C(O)/C=C/CC/C=C/CCCCCCCCCCCCCC. The van der Waals surface area contributed by atoms with Crippen LogP contribution in [0.3, 0.4) is 0 Å². The predicted octanol–water partition coefficient (Wildman–Crippen LogP) is 9.22. The minimum absolute atomic E-state index is 0.207. The first-order valence-corrected chi connectivity index (χ1v) is 22.5. The van der Waals surface area contributed by atoms with E-state index < -0.39 is 49.5 Å². The molecule has 1 aliphatic rings. The molecule has 1 aliphatic heterocycles. The second-order valence-corrected chi connectivity index (χ2v) is 15.5. The minimum atomic E-state index is -1.58. The Morgan fingerprint density at radius 3 is 1.71 bits per heavy atom. The summed E-state index contributed by atoms with van der Waals surface area (Å²) in [5.74, 6) is -0.207. The van der Waals surface area contributed by atoms with Gasteiger partial charge in [0.1, 0.15) is 24.4 Å². The second-order valence-electron chi connectivity index (χ2n) is 15.5. The van der Waals surface area contributed by atoms with E-state index in [4.69, 9.17) is 9.47 Å². The van der Waals surface area contributed by atoms with E-state index in [2.05, 4.69) is 67.8 Å². The Hall–Kier alpha value is -2.11. The number of hydrogen-bond donors (Lipinski definition) is 6. The highest BCUT2D eigenvalue weighted by Crippen LogP contribution is 2.22. The molecule has 1 heterocycles. The van der Waals surface area contributed by atoms with Crippen LogP contribution in [0.15, 0.2) is 60.8 Å². The number of unbranched alkanes of at least 4 members (excludes halogenated alkanes) is 18. The van der Waals surface area contributed by atoms with Crippen molar-refractivity contribution in [2.24, 2.45) is 0 Å². The molecule has 0 saturated carbocycles. The molecular formula is C47H83NO8. The van der Waals surface area contributed by atoms with Gasteiger partial charge in [-0.3, -0.25) is 4.79 Å². The van der Waals surface area contributed by atoms with Gasteiger partial charge in [-0.25, -0.2) is 0 Å². The second kappa shape index (κ2) is 37.2. The van der Waals surface area contributed by atoms with Crippen LogP contribution in [0, 0.1) is 0 Å². The van der Waals surface area contributed by atoms with Crippen molar-refractivity contribution in [3.05, 3.63) is 60.8 Å². The van der Waals surface area contributed by atoms with E-state index in [1.165, 1.54) is 77.0 Å². The summed E-state index contributed by atoms with van der Waals surface area (Å²) in [6, 6.07) is -0.832. The fraction of sp³-hybridized carbons (Fsp3) is 0.766. The standard InChI is InChI=1S/C47H83NO8/c1-3-5-7-9-11-13-15-17-19-20-21-23-24-26-28-30-32-34-36-41(50)40(39-55-47-46(54)45(53)44(52)42(38-49)56-47)48-43(51)37-35-33-31-29-27-25-22-18-16-14-12-10-8-6-4-2/h6,8,12,14,18,22,26,28,34,36,40-42,44-47,49-50,52-54H,3-5,7,9-11,13,15-17,19-21,23-25,27,29-33,35,37-39H2,1-2H3,(H,48,51)/b8-6-,14-12-,22-18-,28-26+,36-34+. The topological polar surface area (TPSA) is 149 Å². The molecule has 1 rings (SSSR count). The van der Waals surface area contributed by atoms with Crippen molar-refractivity contribution >= 4 is 5.91 Å². The largest absolute Gasteiger partial charge is 0.394 e. The van der Waals surface area contributed by atoms with Gasteiger partial charge in [-0.15, -0.1) is 0 Å². The molecule has 0 aromatic carbocycles. The lowest BCUT2D eigenvalue weighted by molar-refractivity contribution is -0.302. The number of ether oxygens (including phenoxy) is 2. The lowest BCUT2D eigenvalue weighted by Gasteiger charge is -2.40. The van der Waals surface area contributed by atoms with Crippen molar-refractivity contribution in [2.45, 2.75) is 217 Å². The van der Waals surface area contributed by atoms with E-state index in [0.717, 1.165) is 77.0 Å². The molecule has 56 heavy (non-hydrogen) atoms. The van der Waals surface area contributed by atoms with Crippen LogP contribution in [0.25, 0.3) is 0 Å². The van der Waals surface area contributed by atoms with Crippen LogP contribution >= 0.6 is 0 Å². The highest BCUT2D eigenvalue weighted by atomic mass is 16.7. The number of carbonyl (C=O) groups excluding carboxylic acids is 1. The zero-order valence-electron chi connectivity index (χ0n) is 35.4. The molecule has 7 atom stereocenters. The minimum Gasteiger partial charge on any atom is -0.394 e. The normalized spacial score (nSPS) is 21.7. The van der Waals surface area contributed by atoms with Crippen LogP contribution in [-0.4, -0.2) is 87.5 Å². The number of nitrogens with one attached hydrogen (secondary N) is 1. The Bertz CT molecular complexity index is 1060. The van der Waals surface area contributed by atoms with E-state index in [-0.39, 0.29) is 12.5 Å². The van der Waals surface area contributed by atoms with Crippen molar-refractivity contribution in [2.75, 3.05) is 13.2 Å². The fourth-order valence-electron chi connectivity index (χ4n) is 6.71. The Labute approximate surface area is 341 Å². The number of carbonyl (C=O) groups is 1. The molecule has 0 aromatic heterocycles. The molecule has 6 N–H and O–H groups in total. The van der Waals surface area contributed by atoms with E-state index in [1.807, 2.05) is 6.08 Å². The molecule has 1 amide bonds.